The molecule has 0 saturated carbocycles. The highest BCUT2D eigenvalue weighted by molar-refractivity contribution is 6.02. The third-order valence-corrected chi connectivity index (χ3v) is 4.21. The molecule has 0 atom stereocenters. The predicted molar refractivity (Wildman–Crippen MR) is 107 cm³/mol. The number of carbonyl (C=O) groups excluding carboxylic acids is 2. The van der Waals surface area contributed by atoms with Gasteiger partial charge in [0.25, 0.3) is 5.91 Å². The van der Waals surface area contributed by atoms with Crippen LogP contribution in [0.3, 0.4) is 0 Å². The molecule has 0 bridgehead atoms. The fourth-order valence-corrected chi connectivity index (χ4v) is 2.51. The first-order valence-corrected chi connectivity index (χ1v) is 8.62. The minimum atomic E-state index is -0.423. The number of carbonyl (C=O) groups is 2. The lowest BCUT2D eigenvalue weighted by atomic mass is 10.1. The molecule has 0 spiro atoms. The highest BCUT2D eigenvalue weighted by Gasteiger charge is 2.10. The maximum absolute atomic E-state index is 12.3. The Morgan fingerprint density at radius 1 is 0.929 bits per heavy atom. The minimum Gasteiger partial charge on any atom is -0.465 e. The number of hydrogen-bond acceptors (Lipinski definition) is 6. The third kappa shape index (κ3) is 4.50. The van der Waals surface area contributed by atoms with Crippen LogP contribution >= 0.6 is 0 Å². The maximum atomic E-state index is 12.3. The molecule has 0 saturated heterocycles. The van der Waals surface area contributed by atoms with Gasteiger partial charge < -0.3 is 15.4 Å². The predicted octanol–water partition coefficient (Wildman–Crippen LogP) is 3.88. The molecule has 1 heterocycles. The normalized spacial score (nSPS) is 10.2. The van der Waals surface area contributed by atoms with Gasteiger partial charge in [0.2, 0.25) is 0 Å². The standard InChI is InChI=1S/C21H20N4O3/c1-13-7-8-17(9-14(13)2)25-20(26)18-11-23-19(12-22-18)24-16-6-4-5-15(10-16)21(27)28-3/h4-12H,1-3H3,(H,23,24)(H,25,26). The van der Waals surface area contributed by atoms with Crippen LogP contribution in [0.15, 0.2) is 54.9 Å². The minimum absolute atomic E-state index is 0.201. The lowest BCUT2D eigenvalue weighted by molar-refractivity contribution is 0.0600. The van der Waals surface area contributed by atoms with E-state index in [0.29, 0.717) is 22.8 Å². The molecule has 2 aromatic carbocycles. The molecule has 0 radical (unpaired) electrons. The number of benzene rings is 2. The van der Waals surface area contributed by atoms with Gasteiger partial charge in [-0.05, 0) is 55.3 Å². The highest BCUT2D eigenvalue weighted by atomic mass is 16.5. The molecule has 1 amide bonds. The largest absolute Gasteiger partial charge is 0.465 e. The average Bonchev–Trinajstić information content (AvgIpc) is 2.71. The van der Waals surface area contributed by atoms with Crippen LogP contribution in [0.1, 0.15) is 32.0 Å². The third-order valence-electron chi connectivity index (χ3n) is 4.21. The fourth-order valence-electron chi connectivity index (χ4n) is 2.51. The fraction of sp³-hybridized carbons (Fsp3) is 0.143. The smallest absolute Gasteiger partial charge is 0.337 e. The summed E-state index contributed by atoms with van der Waals surface area (Å²) in [6, 6.07) is 12.5. The zero-order valence-corrected chi connectivity index (χ0v) is 15.8. The maximum Gasteiger partial charge on any atom is 0.337 e. The van der Waals surface area contributed by atoms with E-state index < -0.39 is 5.97 Å². The summed E-state index contributed by atoms with van der Waals surface area (Å²) in [7, 11) is 1.33. The van der Waals surface area contributed by atoms with Crippen LogP contribution in [0, 0.1) is 13.8 Å². The van der Waals surface area contributed by atoms with Gasteiger partial charge in [0.05, 0.1) is 25.1 Å². The zero-order valence-electron chi connectivity index (χ0n) is 15.8. The molecule has 0 aliphatic carbocycles. The molecule has 0 fully saturated rings. The molecule has 142 valence electrons. The zero-order chi connectivity index (χ0) is 20.1. The van der Waals surface area contributed by atoms with Gasteiger partial charge in [0, 0.05) is 11.4 Å². The summed E-state index contributed by atoms with van der Waals surface area (Å²) in [6.45, 7) is 4.00. The van der Waals surface area contributed by atoms with Crippen molar-refractivity contribution < 1.29 is 14.3 Å². The number of aromatic nitrogens is 2. The van der Waals surface area contributed by atoms with Gasteiger partial charge in [-0.25, -0.2) is 14.8 Å². The van der Waals surface area contributed by atoms with E-state index in [4.69, 9.17) is 4.74 Å². The monoisotopic (exact) mass is 376 g/mol. The van der Waals surface area contributed by atoms with Crippen molar-refractivity contribution in [3.63, 3.8) is 0 Å². The number of hydrogen-bond donors (Lipinski definition) is 2. The summed E-state index contributed by atoms with van der Waals surface area (Å²) >= 11 is 0. The number of methoxy groups -OCH3 is 1. The highest BCUT2D eigenvalue weighted by Crippen LogP contribution is 2.17. The van der Waals surface area contributed by atoms with Gasteiger partial charge in [-0.2, -0.15) is 0 Å². The SMILES string of the molecule is COC(=O)c1cccc(Nc2cnc(C(=O)Nc3ccc(C)c(C)c3)cn2)c1. The average molecular weight is 376 g/mol. The Morgan fingerprint density at radius 3 is 2.43 bits per heavy atom. The van der Waals surface area contributed by atoms with E-state index in [0.717, 1.165) is 11.1 Å². The topological polar surface area (TPSA) is 93.2 Å². The number of esters is 1. The molecule has 0 aliphatic heterocycles. The molecular formula is C21H20N4O3. The van der Waals surface area contributed by atoms with Crippen molar-refractivity contribution in [1.29, 1.82) is 0 Å². The van der Waals surface area contributed by atoms with Crippen molar-refractivity contribution in [2.75, 3.05) is 17.7 Å². The summed E-state index contributed by atoms with van der Waals surface area (Å²) in [5, 5.41) is 5.85. The van der Waals surface area contributed by atoms with Crippen LogP contribution in [-0.4, -0.2) is 29.0 Å². The van der Waals surface area contributed by atoms with Crippen LogP contribution in [0.2, 0.25) is 0 Å². The summed E-state index contributed by atoms with van der Waals surface area (Å²) in [5.74, 6) is -0.312. The number of amides is 1. The van der Waals surface area contributed by atoms with Crippen molar-refractivity contribution in [3.8, 4) is 0 Å². The van der Waals surface area contributed by atoms with Gasteiger partial charge in [-0.15, -0.1) is 0 Å². The molecule has 0 aliphatic rings. The molecule has 3 aromatic rings. The quantitative estimate of drug-likeness (QED) is 0.657. The van der Waals surface area contributed by atoms with Gasteiger partial charge in [-0.3, -0.25) is 4.79 Å². The second-order valence-corrected chi connectivity index (χ2v) is 6.24. The summed E-state index contributed by atoms with van der Waals surface area (Å²) < 4.78 is 4.71. The Hall–Kier alpha value is -3.74. The Kier molecular flexibility index (Phi) is 5.64. The van der Waals surface area contributed by atoms with Gasteiger partial charge in [0.1, 0.15) is 11.5 Å². The lowest BCUT2D eigenvalue weighted by Crippen LogP contribution is -2.14. The molecule has 7 heteroatoms. The lowest BCUT2D eigenvalue weighted by Gasteiger charge is -2.09. The van der Waals surface area contributed by atoms with E-state index in [1.165, 1.54) is 19.5 Å². The van der Waals surface area contributed by atoms with E-state index in [9.17, 15) is 9.59 Å². The van der Waals surface area contributed by atoms with Gasteiger partial charge >= 0.3 is 5.97 Å². The van der Waals surface area contributed by atoms with Crippen molar-refractivity contribution >= 4 is 29.1 Å². The van der Waals surface area contributed by atoms with Crippen molar-refractivity contribution in [2.24, 2.45) is 0 Å². The second-order valence-electron chi connectivity index (χ2n) is 6.24. The van der Waals surface area contributed by atoms with Crippen LogP contribution in [0.5, 0.6) is 0 Å². The van der Waals surface area contributed by atoms with E-state index in [-0.39, 0.29) is 11.6 Å². The first kappa shape index (κ1) is 19.0. The summed E-state index contributed by atoms with van der Waals surface area (Å²) in [4.78, 5) is 32.3. The van der Waals surface area contributed by atoms with Crippen molar-refractivity contribution in [1.82, 2.24) is 9.97 Å². The Morgan fingerprint density at radius 2 is 1.75 bits per heavy atom. The molecule has 7 nitrogen and oxygen atoms in total. The molecule has 3 rings (SSSR count). The van der Waals surface area contributed by atoms with E-state index in [2.05, 4.69) is 20.6 Å². The number of aryl methyl sites for hydroxylation is 2. The molecule has 0 unspecified atom stereocenters. The van der Waals surface area contributed by atoms with Crippen LogP contribution < -0.4 is 10.6 Å². The number of ether oxygens (including phenoxy) is 1. The molecule has 1 aromatic heterocycles. The van der Waals surface area contributed by atoms with Crippen LogP contribution in [0.25, 0.3) is 0 Å². The first-order valence-electron chi connectivity index (χ1n) is 8.62. The Balaban J connectivity index is 1.68. The summed E-state index contributed by atoms with van der Waals surface area (Å²) in [5.41, 5.74) is 4.24. The number of rotatable bonds is 5. The van der Waals surface area contributed by atoms with E-state index >= 15 is 0 Å². The Bertz CT molecular complexity index is 1020. The Labute approximate surface area is 162 Å². The number of nitrogens with one attached hydrogen (secondary N) is 2. The van der Waals surface area contributed by atoms with Crippen LogP contribution in [0.4, 0.5) is 17.2 Å². The molecule has 2 N–H and O–H groups in total. The number of nitrogens with zero attached hydrogens (tertiary/aromatic N) is 2. The second kappa shape index (κ2) is 8.30. The number of anilines is 3. The van der Waals surface area contributed by atoms with E-state index in [1.54, 1.807) is 24.3 Å². The molecular weight excluding hydrogens is 356 g/mol. The van der Waals surface area contributed by atoms with Crippen molar-refractivity contribution in [2.45, 2.75) is 13.8 Å². The van der Waals surface area contributed by atoms with E-state index in [1.807, 2.05) is 32.0 Å². The first-order chi connectivity index (χ1) is 13.5. The summed E-state index contributed by atoms with van der Waals surface area (Å²) in [6.07, 6.45) is 2.85. The molecule has 28 heavy (non-hydrogen) atoms. The van der Waals surface area contributed by atoms with Gasteiger partial charge in [0.15, 0.2) is 0 Å². The van der Waals surface area contributed by atoms with Crippen LogP contribution in [-0.2, 0) is 4.74 Å². The van der Waals surface area contributed by atoms with Crippen molar-refractivity contribution in [3.05, 3.63) is 77.2 Å². The van der Waals surface area contributed by atoms with Gasteiger partial charge in [-0.1, -0.05) is 12.1 Å².